The van der Waals surface area contributed by atoms with E-state index in [1.54, 1.807) is 24.3 Å². The summed E-state index contributed by atoms with van der Waals surface area (Å²) in [5.74, 6) is -0.640. The zero-order valence-electron chi connectivity index (χ0n) is 18.6. The molecule has 2 amide bonds. The van der Waals surface area contributed by atoms with Gasteiger partial charge in [-0.2, -0.15) is 0 Å². The molecule has 6 heteroatoms. The van der Waals surface area contributed by atoms with Gasteiger partial charge in [0.15, 0.2) is 0 Å². The molecule has 0 aliphatic rings. The molecule has 168 valence electrons. The number of hydrogen-bond donors (Lipinski definition) is 3. The molecule has 0 spiro atoms. The van der Waals surface area contributed by atoms with Crippen LogP contribution in [-0.2, 0) is 11.2 Å². The number of para-hydroxylation sites is 1. The number of H-pyrrole nitrogens is 1. The lowest BCUT2D eigenvalue weighted by atomic mass is 10.0. The van der Waals surface area contributed by atoms with Gasteiger partial charge in [-0.25, -0.2) is 0 Å². The molecule has 2 unspecified atom stereocenters. The van der Waals surface area contributed by atoms with Crippen molar-refractivity contribution in [3.63, 3.8) is 0 Å². The predicted octanol–water partition coefficient (Wildman–Crippen LogP) is 5.35. The summed E-state index contributed by atoms with van der Waals surface area (Å²) >= 11 is 6.22. The van der Waals surface area contributed by atoms with Crippen molar-refractivity contribution in [1.82, 2.24) is 15.6 Å². The molecule has 0 aliphatic carbocycles. The van der Waals surface area contributed by atoms with Crippen LogP contribution in [-0.4, -0.2) is 22.8 Å². The molecular weight excluding hydrogens is 434 g/mol. The van der Waals surface area contributed by atoms with Crippen LogP contribution in [0.2, 0.25) is 5.02 Å². The predicted molar refractivity (Wildman–Crippen MR) is 132 cm³/mol. The molecule has 4 aromatic rings. The maximum absolute atomic E-state index is 13.4. The second kappa shape index (κ2) is 9.92. The summed E-state index contributed by atoms with van der Waals surface area (Å²) in [6, 6.07) is 21.7. The van der Waals surface area contributed by atoms with Crippen molar-refractivity contribution in [2.75, 3.05) is 0 Å². The van der Waals surface area contributed by atoms with Crippen molar-refractivity contribution >= 4 is 34.3 Å². The van der Waals surface area contributed by atoms with E-state index in [1.807, 2.05) is 68.6 Å². The highest BCUT2D eigenvalue weighted by Crippen LogP contribution is 2.21. The Balaban J connectivity index is 1.59. The van der Waals surface area contributed by atoms with E-state index in [0.29, 0.717) is 17.0 Å². The van der Waals surface area contributed by atoms with Crippen LogP contribution in [0, 0.1) is 6.92 Å². The lowest BCUT2D eigenvalue weighted by Crippen LogP contribution is -2.48. The van der Waals surface area contributed by atoms with Crippen LogP contribution in [0.3, 0.4) is 0 Å². The minimum atomic E-state index is -0.778. The lowest BCUT2D eigenvalue weighted by Gasteiger charge is -2.22. The van der Waals surface area contributed by atoms with Gasteiger partial charge in [0.25, 0.3) is 5.91 Å². The van der Waals surface area contributed by atoms with Gasteiger partial charge in [-0.15, -0.1) is 0 Å². The fraction of sp³-hybridized carbons (Fsp3) is 0.185. The molecule has 5 nitrogen and oxygen atoms in total. The van der Waals surface area contributed by atoms with Gasteiger partial charge in [0.2, 0.25) is 5.91 Å². The van der Waals surface area contributed by atoms with Crippen molar-refractivity contribution in [1.29, 1.82) is 0 Å². The Bertz CT molecular complexity index is 1300. The molecule has 1 heterocycles. The van der Waals surface area contributed by atoms with Gasteiger partial charge in [0.1, 0.15) is 6.04 Å². The average molecular weight is 460 g/mol. The van der Waals surface area contributed by atoms with Gasteiger partial charge in [0.05, 0.1) is 16.6 Å². The Hall–Kier alpha value is -3.57. The molecule has 2 atom stereocenters. The van der Waals surface area contributed by atoms with Crippen LogP contribution in [0.25, 0.3) is 10.9 Å². The van der Waals surface area contributed by atoms with Gasteiger partial charge >= 0.3 is 0 Å². The summed E-state index contributed by atoms with van der Waals surface area (Å²) in [5, 5.41) is 7.32. The molecule has 3 N–H and O–H groups in total. The highest BCUT2D eigenvalue weighted by Gasteiger charge is 2.25. The minimum absolute atomic E-state index is 0.208. The van der Waals surface area contributed by atoms with E-state index in [9.17, 15) is 9.59 Å². The number of aromatic nitrogens is 1. The summed E-state index contributed by atoms with van der Waals surface area (Å²) in [5.41, 5.74) is 4.40. The number of carbonyl (C=O) groups excluding carboxylic acids is 2. The van der Waals surface area contributed by atoms with Crippen molar-refractivity contribution in [3.05, 3.63) is 106 Å². The molecule has 0 aliphatic heterocycles. The number of rotatable bonds is 7. The Morgan fingerprint density at radius 2 is 1.73 bits per heavy atom. The number of benzene rings is 3. The number of nitrogens with one attached hydrogen (secondary N) is 3. The van der Waals surface area contributed by atoms with E-state index < -0.39 is 6.04 Å². The third-order valence-corrected chi connectivity index (χ3v) is 6.07. The molecule has 3 aromatic carbocycles. The topological polar surface area (TPSA) is 74.0 Å². The van der Waals surface area contributed by atoms with E-state index in [0.717, 1.165) is 27.6 Å². The van der Waals surface area contributed by atoms with E-state index in [1.165, 1.54) is 0 Å². The van der Waals surface area contributed by atoms with Crippen LogP contribution >= 0.6 is 11.6 Å². The summed E-state index contributed by atoms with van der Waals surface area (Å²) in [6.07, 6.45) is 2.23. The fourth-order valence-electron chi connectivity index (χ4n) is 3.95. The maximum atomic E-state index is 13.4. The van der Waals surface area contributed by atoms with Crippen LogP contribution < -0.4 is 10.6 Å². The second-order valence-electron chi connectivity index (χ2n) is 8.21. The summed E-state index contributed by atoms with van der Waals surface area (Å²) in [7, 11) is 0. The Morgan fingerprint density at radius 1 is 0.970 bits per heavy atom. The maximum Gasteiger partial charge on any atom is 0.253 e. The third-order valence-electron chi connectivity index (χ3n) is 5.74. The average Bonchev–Trinajstić information content (AvgIpc) is 3.21. The van der Waals surface area contributed by atoms with Gasteiger partial charge in [-0.05, 0) is 43.2 Å². The molecule has 0 fully saturated rings. The number of carbonyl (C=O) groups is 2. The standard InChI is InChI=1S/C27H26ClN3O2/c1-17-8-7-9-19(14-17)18(2)30-27(33)25(31-26(32)22-11-3-5-12-23(22)28)15-20-16-29-24-13-6-4-10-21(20)24/h3-14,16,18,25,29H,15H2,1-2H3,(H,30,33)(H,31,32). The zero-order chi connectivity index (χ0) is 23.4. The lowest BCUT2D eigenvalue weighted by molar-refractivity contribution is -0.123. The number of fused-ring (bicyclic) bond motifs is 1. The third kappa shape index (κ3) is 5.26. The van der Waals surface area contributed by atoms with E-state index >= 15 is 0 Å². The van der Waals surface area contributed by atoms with Crippen molar-refractivity contribution < 1.29 is 9.59 Å². The van der Waals surface area contributed by atoms with E-state index in [4.69, 9.17) is 11.6 Å². The van der Waals surface area contributed by atoms with Gasteiger partial charge in [-0.3, -0.25) is 9.59 Å². The summed E-state index contributed by atoms with van der Waals surface area (Å²) < 4.78 is 0. The first kappa shape index (κ1) is 22.6. The molecule has 33 heavy (non-hydrogen) atoms. The molecule has 1 aromatic heterocycles. The molecule has 0 saturated carbocycles. The Kier molecular flexibility index (Phi) is 6.80. The number of amides is 2. The minimum Gasteiger partial charge on any atom is -0.361 e. The van der Waals surface area contributed by atoms with Crippen LogP contribution in [0.15, 0.2) is 79.0 Å². The first-order valence-corrected chi connectivity index (χ1v) is 11.3. The SMILES string of the molecule is Cc1cccc(C(C)NC(=O)C(Cc2c[nH]c3ccccc23)NC(=O)c2ccccc2Cl)c1. The zero-order valence-corrected chi connectivity index (χ0v) is 19.3. The number of hydrogen-bond acceptors (Lipinski definition) is 2. The summed E-state index contributed by atoms with van der Waals surface area (Å²) in [4.78, 5) is 29.6. The largest absolute Gasteiger partial charge is 0.361 e. The van der Waals surface area contributed by atoms with Crippen molar-refractivity contribution in [2.45, 2.75) is 32.4 Å². The number of aromatic amines is 1. The van der Waals surface area contributed by atoms with Crippen molar-refractivity contribution in [2.24, 2.45) is 0 Å². The van der Waals surface area contributed by atoms with E-state index in [-0.39, 0.29) is 17.9 Å². The molecule has 4 rings (SSSR count). The van der Waals surface area contributed by atoms with Gasteiger partial charge in [0, 0.05) is 23.5 Å². The first-order chi connectivity index (χ1) is 15.9. The van der Waals surface area contributed by atoms with Gasteiger partial charge < -0.3 is 15.6 Å². The second-order valence-corrected chi connectivity index (χ2v) is 8.62. The highest BCUT2D eigenvalue weighted by molar-refractivity contribution is 6.33. The van der Waals surface area contributed by atoms with Crippen molar-refractivity contribution in [3.8, 4) is 0 Å². The first-order valence-electron chi connectivity index (χ1n) is 10.9. The molecule has 0 saturated heterocycles. The fourth-order valence-corrected chi connectivity index (χ4v) is 4.17. The number of aryl methyl sites for hydroxylation is 1. The Morgan fingerprint density at radius 3 is 2.52 bits per heavy atom. The Labute approximate surface area is 198 Å². The monoisotopic (exact) mass is 459 g/mol. The van der Waals surface area contributed by atoms with Crippen LogP contribution in [0.5, 0.6) is 0 Å². The normalized spacial score (nSPS) is 12.8. The molecular formula is C27H26ClN3O2. The van der Waals surface area contributed by atoms with E-state index in [2.05, 4.69) is 15.6 Å². The number of halogens is 1. The quantitative estimate of drug-likeness (QED) is 0.348. The smallest absolute Gasteiger partial charge is 0.253 e. The van der Waals surface area contributed by atoms with Gasteiger partial charge in [-0.1, -0.05) is 71.8 Å². The van der Waals surface area contributed by atoms with Crippen LogP contribution in [0.4, 0.5) is 0 Å². The molecule has 0 radical (unpaired) electrons. The molecule has 0 bridgehead atoms. The summed E-state index contributed by atoms with van der Waals surface area (Å²) in [6.45, 7) is 3.95. The van der Waals surface area contributed by atoms with Crippen LogP contribution in [0.1, 0.15) is 40.0 Å². The highest BCUT2D eigenvalue weighted by atomic mass is 35.5.